The van der Waals surface area contributed by atoms with Crippen LogP contribution < -0.4 is 10.6 Å². The molecule has 0 saturated carbocycles. The van der Waals surface area contributed by atoms with Gasteiger partial charge in [0.25, 0.3) is 5.91 Å². The first-order chi connectivity index (χ1) is 13.4. The van der Waals surface area contributed by atoms with Crippen LogP contribution in [0, 0.1) is 6.92 Å². The molecular formula is C20H27N5O3. The molecule has 1 aliphatic heterocycles. The van der Waals surface area contributed by atoms with Crippen molar-refractivity contribution in [2.24, 2.45) is 0 Å². The van der Waals surface area contributed by atoms with Crippen molar-refractivity contribution in [3.8, 4) is 0 Å². The smallest absolute Gasteiger partial charge is 0.319 e. The lowest BCUT2D eigenvalue weighted by molar-refractivity contribution is 0.0618. The van der Waals surface area contributed by atoms with Crippen LogP contribution in [0.15, 0.2) is 34.9 Å². The minimum atomic E-state index is -0.317. The zero-order valence-corrected chi connectivity index (χ0v) is 16.6. The molecule has 1 fully saturated rings. The Bertz CT molecular complexity index is 825. The third kappa shape index (κ3) is 5.10. The molecule has 1 saturated heterocycles. The Kier molecular flexibility index (Phi) is 6.30. The molecule has 2 heterocycles. The number of anilines is 1. The van der Waals surface area contributed by atoms with Gasteiger partial charge in [-0.1, -0.05) is 17.3 Å². The number of aromatic nitrogens is 1. The van der Waals surface area contributed by atoms with Crippen molar-refractivity contribution < 1.29 is 14.1 Å². The largest absolute Gasteiger partial charge is 0.360 e. The maximum Gasteiger partial charge on any atom is 0.319 e. The highest BCUT2D eigenvalue weighted by molar-refractivity contribution is 6.03. The van der Waals surface area contributed by atoms with Gasteiger partial charge in [0.2, 0.25) is 0 Å². The molecule has 1 aromatic heterocycles. The van der Waals surface area contributed by atoms with Crippen molar-refractivity contribution in [2.45, 2.75) is 33.4 Å². The number of hydrogen-bond donors (Lipinski definition) is 2. The number of carbonyl (C=O) groups is 2. The van der Waals surface area contributed by atoms with E-state index in [0.717, 1.165) is 24.5 Å². The summed E-state index contributed by atoms with van der Waals surface area (Å²) in [5.74, 6) is 0.763. The molecule has 8 heteroatoms. The van der Waals surface area contributed by atoms with Crippen LogP contribution in [-0.2, 0) is 6.54 Å². The van der Waals surface area contributed by atoms with E-state index in [0.29, 0.717) is 30.9 Å². The summed E-state index contributed by atoms with van der Waals surface area (Å²) in [6.45, 7) is 9.13. The Morgan fingerprint density at radius 3 is 2.54 bits per heavy atom. The van der Waals surface area contributed by atoms with Crippen LogP contribution in [0.4, 0.5) is 10.5 Å². The molecule has 1 aromatic carbocycles. The highest BCUT2D eigenvalue weighted by Crippen LogP contribution is 2.19. The molecule has 28 heavy (non-hydrogen) atoms. The normalized spacial score (nSPS) is 14.9. The van der Waals surface area contributed by atoms with E-state index in [1.54, 1.807) is 24.3 Å². The number of nitrogens with one attached hydrogen (secondary N) is 2. The number of rotatable bonds is 5. The average molecular weight is 385 g/mol. The van der Waals surface area contributed by atoms with Crippen LogP contribution >= 0.6 is 0 Å². The van der Waals surface area contributed by atoms with Gasteiger partial charge in [0.05, 0.1) is 23.5 Å². The van der Waals surface area contributed by atoms with Crippen LogP contribution in [0.5, 0.6) is 0 Å². The molecule has 0 spiro atoms. The molecule has 2 N–H and O–H groups in total. The summed E-state index contributed by atoms with van der Waals surface area (Å²) < 4.78 is 5.27. The lowest BCUT2D eigenvalue weighted by Crippen LogP contribution is -2.48. The fourth-order valence-electron chi connectivity index (χ4n) is 3.19. The van der Waals surface area contributed by atoms with E-state index in [9.17, 15) is 9.59 Å². The number of nitrogens with zero attached hydrogens (tertiary/aromatic N) is 3. The number of aryl methyl sites for hydroxylation is 1. The minimum Gasteiger partial charge on any atom is -0.360 e. The van der Waals surface area contributed by atoms with Crippen molar-refractivity contribution in [3.05, 3.63) is 47.3 Å². The van der Waals surface area contributed by atoms with E-state index in [-0.39, 0.29) is 18.0 Å². The van der Waals surface area contributed by atoms with Crippen LogP contribution in [0.3, 0.4) is 0 Å². The zero-order chi connectivity index (χ0) is 20.1. The number of piperazine rings is 1. The van der Waals surface area contributed by atoms with Crippen molar-refractivity contribution in [1.82, 2.24) is 20.3 Å². The lowest BCUT2D eigenvalue weighted by atomic mass is 10.1. The highest BCUT2D eigenvalue weighted by Gasteiger charge is 2.24. The molecule has 150 valence electrons. The topological polar surface area (TPSA) is 90.7 Å². The summed E-state index contributed by atoms with van der Waals surface area (Å²) in [7, 11) is 0. The maximum absolute atomic E-state index is 13.0. The van der Waals surface area contributed by atoms with E-state index < -0.39 is 0 Å². The van der Waals surface area contributed by atoms with Gasteiger partial charge >= 0.3 is 6.03 Å². The molecule has 0 aliphatic carbocycles. The zero-order valence-electron chi connectivity index (χ0n) is 16.6. The number of para-hydroxylation sites is 1. The second-order valence-electron chi connectivity index (χ2n) is 7.30. The molecule has 0 radical (unpaired) electrons. The number of amides is 3. The quantitative estimate of drug-likeness (QED) is 0.825. The Labute approximate surface area is 164 Å². The first-order valence-corrected chi connectivity index (χ1v) is 9.52. The summed E-state index contributed by atoms with van der Waals surface area (Å²) in [5, 5.41) is 9.46. The monoisotopic (exact) mass is 385 g/mol. The Hall–Kier alpha value is -2.87. The van der Waals surface area contributed by atoms with Gasteiger partial charge in [0, 0.05) is 38.3 Å². The molecule has 0 bridgehead atoms. The molecule has 0 atom stereocenters. The van der Waals surface area contributed by atoms with E-state index in [1.165, 1.54) is 0 Å². The molecule has 3 amide bonds. The van der Waals surface area contributed by atoms with Crippen LogP contribution in [0.25, 0.3) is 0 Å². The summed E-state index contributed by atoms with van der Waals surface area (Å²) in [5.41, 5.74) is 1.89. The third-order valence-corrected chi connectivity index (χ3v) is 4.54. The standard InChI is InChI=1S/C20H27N5O3/c1-14(2)21-20(27)22-18-7-5-4-6-17(18)19(26)25-10-8-24(9-11-25)13-16-12-15(3)23-28-16/h4-7,12,14H,8-11,13H2,1-3H3,(H2,21,22,27). The van der Waals surface area contributed by atoms with Gasteiger partial charge in [-0.15, -0.1) is 0 Å². The number of urea groups is 1. The van der Waals surface area contributed by atoms with Crippen LogP contribution in [-0.4, -0.2) is 59.1 Å². The lowest BCUT2D eigenvalue weighted by Gasteiger charge is -2.34. The predicted octanol–water partition coefficient (Wildman–Crippen LogP) is 2.47. The molecule has 8 nitrogen and oxygen atoms in total. The Morgan fingerprint density at radius 1 is 1.18 bits per heavy atom. The van der Waals surface area contributed by atoms with Crippen LogP contribution in [0.1, 0.15) is 35.7 Å². The Balaban J connectivity index is 1.60. The van der Waals surface area contributed by atoms with Crippen LogP contribution in [0.2, 0.25) is 0 Å². The average Bonchev–Trinajstić information content (AvgIpc) is 3.06. The second-order valence-corrected chi connectivity index (χ2v) is 7.30. The van der Waals surface area contributed by atoms with E-state index >= 15 is 0 Å². The fraction of sp³-hybridized carbons (Fsp3) is 0.450. The molecule has 1 aliphatic rings. The fourth-order valence-corrected chi connectivity index (χ4v) is 3.19. The van der Waals surface area contributed by atoms with Crippen molar-refractivity contribution in [3.63, 3.8) is 0 Å². The first kappa shape index (κ1) is 19.9. The minimum absolute atomic E-state index is 0.0177. The molecule has 0 unspecified atom stereocenters. The van der Waals surface area contributed by atoms with Gasteiger partial charge in [-0.25, -0.2) is 4.79 Å². The molecular weight excluding hydrogens is 358 g/mol. The SMILES string of the molecule is Cc1cc(CN2CCN(C(=O)c3ccccc3NC(=O)NC(C)C)CC2)on1. The maximum atomic E-state index is 13.0. The van der Waals surface area contributed by atoms with Crippen molar-refractivity contribution in [1.29, 1.82) is 0 Å². The summed E-state index contributed by atoms with van der Waals surface area (Å²) in [4.78, 5) is 29.1. The van der Waals surface area contributed by atoms with Gasteiger partial charge in [0.1, 0.15) is 0 Å². The first-order valence-electron chi connectivity index (χ1n) is 9.52. The predicted molar refractivity (Wildman–Crippen MR) is 106 cm³/mol. The van der Waals surface area contributed by atoms with E-state index in [2.05, 4.69) is 20.7 Å². The summed E-state index contributed by atoms with van der Waals surface area (Å²) in [6.07, 6.45) is 0. The molecule has 3 rings (SSSR count). The third-order valence-electron chi connectivity index (χ3n) is 4.54. The summed E-state index contributed by atoms with van der Waals surface area (Å²) >= 11 is 0. The summed E-state index contributed by atoms with van der Waals surface area (Å²) in [6, 6.07) is 8.74. The van der Waals surface area contributed by atoms with Gasteiger partial charge in [0.15, 0.2) is 5.76 Å². The van der Waals surface area contributed by atoms with Gasteiger partial charge in [-0.2, -0.15) is 0 Å². The van der Waals surface area contributed by atoms with Gasteiger partial charge in [-0.3, -0.25) is 9.69 Å². The van der Waals surface area contributed by atoms with Gasteiger partial charge in [-0.05, 0) is 32.9 Å². The second kappa shape index (κ2) is 8.88. The number of hydrogen-bond acceptors (Lipinski definition) is 5. The Morgan fingerprint density at radius 2 is 1.89 bits per heavy atom. The highest BCUT2D eigenvalue weighted by atomic mass is 16.5. The molecule has 2 aromatic rings. The van der Waals surface area contributed by atoms with E-state index in [4.69, 9.17) is 4.52 Å². The van der Waals surface area contributed by atoms with Gasteiger partial charge < -0.3 is 20.1 Å². The van der Waals surface area contributed by atoms with Crippen molar-refractivity contribution >= 4 is 17.6 Å². The van der Waals surface area contributed by atoms with Crippen molar-refractivity contribution in [2.75, 3.05) is 31.5 Å². The number of benzene rings is 1. The van der Waals surface area contributed by atoms with E-state index in [1.807, 2.05) is 31.7 Å². The number of carbonyl (C=O) groups excluding carboxylic acids is 2.